The number of esters is 1. The Morgan fingerprint density at radius 2 is 2.07 bits per heavy atom. The Balaban J connectivity index is 0.000000238. The topological polar surface area (TPSA) is 173 Å². The van der Waals surface area contributed by atoms with Crippen LogP contribution < -0.4 is 20.2 Å². The standard InChI is InChI=1S/C22H20N4O5.C9H9ClN2O2/c1-3-10-31-22(30)14-4-5-15-13(12(14)2)6-7-16(15)25-20(27)18-11-17(21(28)29)24-19-8-9-23-26(18)19;10-11-4-6-1-2-8-7(3-6)12-9(13)5-14-8/h3-5,8-9,11,16H,1,6-7,10H2,2H3,(H,25,27)(H,28,29);1-3,11H,4-5H2,(H,12,13)/t16-;/m0./s1. The second-order valence-corrected chi connectivity index (χ2v) is 10.4. The maximum Gasteiger partial charge on any atom is 0.354 e. The Hall–Kier alpha value is -5.27. The number of nitrogens with one attached hydrogen (secondary N) is 3. The number of hydrogen-bond acceptors (Lipinski definition) is 9. The predicted octanol–water partition coefficient (Wildman–Crippen LogP) is 3.76. The summed E-state index contributed by atoms with van der Waals surface area (Å²) in [6.07, 6.45) is 4.32. The molecule has 2 aliphatic rings. The minimum absolute atomic E-state index is 0.0834. The van der Waals surface area contributed by atoms with E-state index in [-0.39, 0.29) is 42.2 Å². The zero-order chi connectivity index (χ0) is 32.1. The van der Waals surface area contributed by atoms with E-state index >= 15 is 0 Å². The first-order valence-corrected chi connectivity index (χ1v) is 14.3. The second-order valence-electron chi connectivity index (χ2n) is 10.2. The summed E-state index contributed by atoms with van der Waals surface area (Å²) >= 11 is 5.38. The molecule has 1 aliphatic carbocycles. The highest BCUT2D eigenvalue weighted by atomic mass is 35.5. The molecule has 0 bridgehead atoms. The molecule has 2 amide bonds. The van der Waals surface area contributed by atoms with Crippen LogP contribution in [-0.2, 0) is 22.5 Å². The molecule has 0 saturated carbocycles. The lowest BCUT2D eigenvalue weighted by atomic mass is 9.98. The minimum atomic E-state index is -1.23. The summed E-state index contributed by atoms with van der Waals surface area (Å²) in [7, 11) is 0. The van der Waals surface area contributed by atoms with Gasteiger partial charge in [-0.25, -0.2) is 23.9 Å². The maximum absolute atomic E-state index is 13.0. The molecule has 45 heavy (non-hydrogen) atoms. The maximum atomic E-state index is 13.0. The number of carbonyl (C=O) groups is 4. The van der Waals surface area contributed by atoms with Gasteiger partial charge in [0.25, 0.3) is 11.8 Å². The number of hydrogen-bond donors (Lipinski definition) is 4. The number of carboxylic acids is 1. The Labute approximate surface area is 262 Å². The van der Waals surface area contributed by atoms with Crippen molar-refractivity contribution in [3.63, 3.8) is 0 Å². The van der Waals surface area contributed by atoms with E-state index < -0.39 is 17.8 Å². The van der Waals surface area contributed by atoms with Gasteiger partial charge in [-0.2, -0.15) is 5.10 Å². The van der Waals surface area contributed by atoms with Crippen LogP contribution in [0.3, 0.4) is 0 Å². The molecule has 4 N–H and O–H groups in total. The quantitative estimate of drug-likeness (QED) is 0.127. The molecule has 13 nitrogen and oxygen atoms in total. The SMILES string of the molecule is C=CCOC(=O)c1ccc2c(c1C)CC[C@@H]2NC(=O)c1cc(C(=O)O)nc2ccnn12.O=C1COc2ccc(CNCl)cc2N1. The minimum Gasteiger partial charge on any atom is -0.482 e. The molecule has 6 rings (SSSR count). The van der Waals surface area contributed by atoms with Crippen LogP contribution in [0.2, 0.25) is 0 Å². The molecule has 4 aromatic rings. The zero-order valence-corrected chi connectivity index (χ0v) is 24.9. The van der Waals surface area contributed by atoms with Crippen LogP contribution in [0.25, 0.3) is 5.65 Å². The van der Waals surface area contributed by atoms with Crippen molar-refractivity contribution in [2.24, 2.45) is 0 Å². The molecular formula is C31H29ClN6O7. The van der Waals surface area contributed by atoms with Crippen molar-refractivity contribution in [2.45, 2.75) is 32.4 Å². The van der Waals surface area contributed by atoms with Crippen molar-refractivity contribution < 1.29 is 33.8 Å². The predicted molar refractivity (Wildman–Crippen MR) is 163 cm³/mol. The third kappa shape index (κ3) is 6.79. The molecule has 14 heteroatoms. The van der Waals surface area contributed by atoms with Crippen molar-refractivity contribution in [1.29, 1.82) is 0 Å². The average molecular weight is 633 g/mol. The average Bonchev–Trinajstić information content (AvgIpc) is 3.67. The molecule has 0 radical (unpaired) electrons. The van der Waals surface area contributed by atoms with Gasteiger partial charge in [-0.15, -0.1) is 0 Å². The van der Waals surface area contributed by atoms with Gasteiger partial charge in [-0.3, -0.25) is 9.59 Å². The van der Waals surface area contributed by atoms with Crippen LogP contribution in [0, 0.1) is 6.92 Å². The van der Waals surface area contributed by atoms with Crippen molar-refractivity contribution in [3.05, 3.63) is 101 Å². The first kappa shape index (κ1) is 31.2. The Morgan fingerprint density at radius 3 is 2.82 bits per heavy atom. The second kappa shape index (κ2) is 13.6. The van der Waals surface area contributed by atoms with Gasteiger partial charge in [-0.05, 0) is 72.0 Å². The van der Waals surface area contributed by atoms with Crippen LogP contribution in [0.15, 0.2) is 61.3 Å². The number of nitrogens with zero attached hydrogens (tertiary/aromatic N) is 3. The van der Waals surface area contributed by atoms with Crippen LogP contribution in [0.1, 0.15) is 66.1 Å². The summed E-state index contributed by atoms with van der Waals surface area (Å²) in [5.74, 6) is -1.53. The fourth-order valence-electron chi connectivity index (χ4n) is 5.20. The molecule has 2 aromatic heterocycles. The van der Waals surface area contributed by atoms with Gasteiger partial charge in [0.2, 0.25) is 0 Å². The van der Waals surface area contributed by atoms with E-state index in [0.29, 0.717) is 36.4 Å². The van der Waals surface area contributed by atoms with Crippen molar-refractivity contribution in [3.8, 4) is 5.75 Å². The number of ether oxygens (including phenoxy) is 2. The largest absolute Gasteiger partial charge is 0.482 e. The van der Waals surface area contributed by atoms with Crippen molar-refractivity contribution in [2.75, 3.05) is 18.5 Å². The zero-order valence-electron chi connectivity index (χ0n) is 24.1. The Bertz CT molecular complexity index is 1820. The number of fused-ring (bicyclic) bond motifs is 3. The van der Waals surface area contributed by atoms with E-state index in [1.807, 2.05) is 31.2 Å². The van der Waals surface area contributed by atoms with Crippen molar-refractivity contribution >= 4 is 46.9 Å². The van der Waals surface area contributed by atoms with Crippen LogP contribution in [0.4, 0.5) is 5.69 Å². The molecule has 1 atom stereocenters. The lowest BCUT2D eigenvalue weighted by Gasteiger charge is -2.18. The molecular weight excluding hydrogens is 604 g/mol. The van der Waals surface area contributed by atoms with Gasteiger partial charge < -0.3 is 25.2 Å². The van der Waals surface area contributed by atoms with E-state index in [2.05, 4.69) is 32.1 Å². The lowest BCUT2D eigenvalue weighted by molar-refractivity contribution is -0.118. The number of anilines is 1. The van der Waals surface area contributed by atoms with E-state index in [1.54, 1.807) is 6.07 Å². The van der Waals surface area contributed by atoms with Gasteiger partial charge in [0.05, 0.1) is 23.5 Å². The number of aromatic nitrogens is 3. The first-order chi connectivity index (χ1) is 21.7. The van der Waals surface area contributed by atoms with E-state index in [4.69, 9.17) is 21.3 Å². The molecule has 2 aromatic carbocycles. The van der Waals surface area contributed by atoms with Gasteiger partial charge in [0.1, 0.15) is 18.1 Å². The van der Waals surface area contributed by atoms with Gasteiger partial charge >= 0.3 is 11.9 Å². The molecule has 0 spiro atoms. The van der Waals surface area contributed by atoms with E-state index in [1.165, 1.54) is 28.9 Å². The Morgan fingerprint density at radius 1 is 1.24 bits per heavy atom. The third-order valence-electron chi connectivity index (χ3n) is 7.31. The molecule has 0 unspecified atom stereocenters. The summed E-state index contributed by atoms with van der Waals surface area (Å²) in [4.78, 5) is 54.1. The lowest BCUT2D eigenvalue weighted by Crippen LogP contribution is -2.29. The Kier molecular flexibility index (Phi) is 9.40. The van der Waals surface area contributed by atoms with E-state index in [0.717, 1.165) is 22.3 Å². The molecule has 232 valence electrons. The van der Waals surface area contributed by atoms with Gasteiger partial charge in [0, 0.05) is 18.7 Å². The summed E-state index contributed by atoms with van der Waals surface area (Å²) in [6, 6.07) is 11.5. The fourth-order valence-corrected chi connectivity index (χ4v) is 5.35. The van der Waals surface area contributed by atoms with Gasteiger partial charge in [0.15, 0.2) is 17.9 Å². The summed E-state index contributed by atoms with van der Waals surface area (Å²) in [6.45, 7) is 6.17. The van der Waals surface area contributed by atoms with E-state index in [9.17, 15) is 24.3 Å². The van der Waals surface area contributed by atoms with Crippen LogP contribution in [-0.4, -0.2) is 56.7 Å². The van der Waals surface area contributed by atoms with Crippen LogP contribution in [0.5, 0.6) is 5.75 Å². The summed E-state index contributed by atoms with van der Waals surface area (Å²) in [5, 5.41) is 19.0. The molecule has 3 heterocycles. The van der Waals surface area contributed by atoms with Crippen molar-refractivity contribution in [1.82, 2.24) is 24.8 Å². The number of benzene rings is 2. The third-order valence-corrected chi connectivity index (χ3v) is 7.44. The highest BCUT2D eigenvalue weighted by molar-refractivity contribution is 6.13. The highest BCUT2D eigenvalue weighted by Crippen LogP contribution is 2.35. The monoisotopic (exact) mass is 632 g/mol. The normalized spacial score (nSPS) is 14.6. The summed E-state index contributed by atoms with van der Waals surface area (Å²) in [5.41, 5.74) is 5.07. The highest BCUT2D eigenvalue weighted by Gasteiger charge is 2.29. The molecule has 0 saturated heterocycles. The number of carboxylic acid groups (broad SMARTS) is 1. The number of aromatic carboxylic acids is 1. The number of halogens is 1. The number of amides is 2. The molecule has 1 aliphatic heterocycles. The number of rotatable bonds is 8. The number of carbonyl (C=O) groups excluding carboxylic acids is 3. The first-order valence-electron chi connectivity index (χ1n) is 13.9. The fraction of sp³-hybridized carbons (Fsp3) is 0.226. The van der Waals surface area contributed by atoms with Gasteiger partial charge in [-0.1, -0.05) is 24.8 Å². The van der Waals surface area contributed by atoms with Crippen LogP contribution >= 0.6 is 11.8 Å². The summed E-state index contributed by atoms with van der Waals surface area (Å²) < 4.78 is 11.7. The molecule has 0 fully saturated rings. The smallest absolute Gasteiger partial charge is 0.354 e.